The normalized spacial score (nSPS) is 11.7. The smallest absolute Gasteiger partial charge is 0.255 e. The van der Waals surface area contributed by atoms with Crippen LogP contribution in [0.25, 0.3) is 11.0 Å². The zero-order chi connectivity index (χ0) is 12.5. The Kier molecular flexibility index (Phi) is 2.90. The molecule has 17 heavy (non-hydrogen) atoms. The van der Waals surface area contributed by atoms with Gasteiger partial charge in [0.05, 0.1) is 11.2 Å². The fourth-order valence-electron chi connectivity index (χ4n) is 1.55. The molecule has 0 unspecified atom stereocenters. The van der Waals surface area contributed by atoms with E-state index < -0.39 is 5.60 Å². The van der Waals surface area contributed by atoms with Gasteiger partial charge >= 0.3 is 0 Å². The average molecular weight is 233 g/mol. The number of amides is 1. The number of para-hydroxylation sites is 1. The van der Waals surface area contributed by atoms with Crippen LogP contribution in [0.15, 0.2) is 34.9 Å². The van der Waals surface area contributed by atoms with Crippen LogP contribution in [0.1, 0.15) is 24.2 Å². The van der Waals surface area contributed by atoms with E-state index in [4.69, 9.17) is 4.42 Å². The van der Waals surface area contributed by atoms with Gasteiger partial charge in [-0.2, -0.15) is 0 Å². The Labute approximate surface area is 99.2 Å². The summed E-state index contributed by atoms with van der Waals surface area (Å²) in [4.78, 5) is 11.9. The Morgan fingerprint density at radius 2 is 2.12 bits per heavy atom. The van der Waals surface area contributed by atoms with Crippen molar-refractivity contribution in [1.29, 1.82) is 0 Å². The Morgan fingerprint density at radius 1 is 1.41 bits per heavy atom. The molecular formula is C13H15NO3. The SMILES string of the molecule is CC(C)(O)CNC(=O)c1coc2ccccc12. The van der Waals surface area contributed by atoms with Gasteiger partial charge in [-0.05, 0) is 19.9 Å². The van der Waals surface area contributed by atoms with Gasteiger partial charge in [-0.25, -0.2) is 0 Å². The molecule has 0 aliphatic rings. The lowest BCUT2D eigenvalue weighted by Crippen LogP contribution is -2.38. The van der Waals surface area contributed by atoms with Gasteiger partial charge < -0.3 is 14.8 Å². The molecule has 2 rings (SSSR count). The van der Waals surface area contributed by atoms with Crippen LogP contribution >= 0.6 is 0 Å². The van der Waals surface area contributed by atoms with Crippen LogP contribution in [0, 0.1) is 0 Å². The number of aliphatic hydroxyl groups is 1. The van der Waals surface area contributed by atoms with E-state index in [1.807, 2.05) is 24.3 Å². The first-order valence-corrected chi connectivity index (χ1v) is 5.44. The number of carbonyl (C=O) groups excluding carboxylic acids is 1. The molecule has 4 nitrogen and oxygen atoms in total. The van der Waals surface area contributed by atoms with Crippen molar-refractivity contribution in [2.45, 2.75) is 19.4 Å². The van der Waals surface area contributed by atoms with E-state index in [-0.39, 0.29) is 12.5 Å². The minimum atomic E-state index is -0.921. The van der Waals surface area contributed by atoms with E-state index in [0.717, 1.165) is 5.39 Å². The van der Waals surface area contributed by atoms with Crippen molar-refractivity contribution >= 4 is 16.9 Å². The molecule has 2 N–H and O–H groups in total. The van der Waals surface area contributed by atoms with Gasteiger partial charge in [-0.1, -0.05) is 18.2 Å². The van der Waals surface area contributed by atoms with Gasteiger partial charge in [0.25, 0.3) is 5.91 Å². The lowest BCUT2D eigenvalue weighted by atomic mass is 10.1. The Balaban J connectivity index is 2.20. The number of carbonyl (C=O) groups is 1. The van der Waals surface area contributed by atoms with Gasteiger partial charge in [0.15, 0.2) is 0 Å². The summed E-state index contributed by atoms with van der Waals surface area (Å²) in [6.45, 7) is 3.48. The highest BCUT2D eigenvalue weighted by atomic mass is 16.3. The molecule has 0 aliphatic carbocycles. The Morgan fingerprint density at radius 3 is 2.82 bits per heavy atom. The first-order chi connectivity index (χ1) is 7.97. The number of rotatable bonds is 3. The average Bonchev–Trinajstić information content (AvgIpc) is 2.68. The van der Waals surface area contributed by atoms with E-state index in [1.165, 1.54) is 6.26 Å². The van der Waals surface area contributed by atoms with Crippen molar-refractivity contribution in [3.63, 3.8) is 0 Å². The van der Waals surface area contributed by atoms with Crippen LogP contribution < -0.4 is 5.32 Å². The van der Waals surface area contributed by atoms with E-state index in [9.17, 15) is 9.90 Å². The second-order valence-corrected chi connectivity index (χ2v) is 4.64. The van der Waals surface area contributed by atoms with Gasteiger partial charge in [0.1, 0.15) is 11.8 Å². The predicted molar refractivity (Wildman–Crippen MR) is 64.8 cm³/mol. The molecule has 0 bridgehead atoms. The fourth-order valence-corrected chi connectivity index (χ4v) is 1.55. The maximum atomic E-state index is 11.9. The lowest BCUT2D eigenvalue weighted by molar-refractivity contribution is 0.0694. The van der Waals surface area contributed by atoms with Gasteiger partial charge in [-0.15, -0.1) is 0 Å². The third kappa shape index (κ3) is 2.65. The van der Waals surface area contributed by atoms with Crippen molar-refractivity contribution < 1.29 is 14.3 Å². The van der Waals surface area contributed by atoms with Crippen molar-refractivity contribution in [3.05, 3.63) is 36.1 Å². The van der Waals surface area contributed by atoms with E-state index in [2.05, 4.69) is 5.32 Å². The number of nitrogens with one attached hydrogen (secondary N) is 1. The molecule has 0 saturated heterocycles. The Hall–Kier alpha value is -1.81. The summed E-state index contributed by atoms with van der Waals surface area (Å²) in [5, 5.41) is 13.0. The van der Waals surface area contributed by atoms with E-state index >= 15 is 0 Å². The highest BCUT2D eigenvalue weighted by Crippen LogP contribution is 2.20. The number of furan rings is 1. The summed E-state index contributed by atoms with van der Waals surface area (Å²) in [6.07, 6.45) is 1.43. The first kappa shape index (κ1) is 11.7. The molecule has 0 radical (unpaired) electrons. The third-order valence-electron chi connectivity index (χ3n) is 2.41. The first-order valence-electron chi connectivity index (χ1n) is 5.44. The highest BCUT2D eigenvalue weighted by Gasteiger charge is 2.17. The summed E-state index contributed by atoms with van der Waals surface area (Å²) in [7, 11) is 0. The molecule has 1 aromatic carbocycles. The predicted octanol–water partition coefficient (Wildman–Crippen LogP) is 1.93. The number of fused-ring (bicyclic) bond motifs is 1. The maximum absolute atomic E-state index is 11.9. The molecule has 0 fully saturated rings. The summed E-state index contributed by atoms with van der Waals surface area (Å²) in [5.41, 5.74) is 0.251. The molecule has 1 amide bonds. The molecule has 1 aromatic heterocycles. The summed E-state index contributed by atoms with van der Waals surface area (Å²) < 4.78 is 5.28. The van der Waals surface area contributed by atoms with Gasteiger partial charge in [-0.3, -0.25) is 4.79 Å². The summed E-state index contributed by atoms with van der Waals surface area (Å²) >= 11 is 0. The monoisotopic (exact) mass is 233 g/mol. The van der Waals surface area contributed by atoms with Crippen LogP contribution in [-0.4, -0.2) is 23.2 Å². The zero-order valence-electron chi connectivity index (χ0n) is 9.86. The maximum Gasteiger partial charge on any atom is 0.255 e. The topological polar surface area (TPSA) is 62.5 Å². The van der Waals surface area contributed by atoms with Crippen molar-refractivity contribution in [2.24, 2.45) is 0 Å². The number of hydrogen-bond donors (Lipinski definition) is 2. The summed E-state index contributed by atoms with van der Waals surface area (Å²) in [5.74, 6) is -0.239. The fraction of sp³-hybridized carbons (Fsp3) is 0.308. The Bertz CT molecular complexity index is 537. The minimum Gasteiger partial charge on any atom is -0.463 e. The quantitative estimate of drug-likeness (QED) is 0.851. The van der Waals surface area contributed by atoms with Crippen LogP contribution in [0.2, 0.25) is 0 Å². The molecule has 2 aromatic rings. The largest absolute Gasteiger partial charge is 0.463 e. The minimum absolute atomic E-state index is 0.200. The standard InChI is InChI=1S/C13H15NO3/c1-13(2,16)8-14-12(15)10-7-17-11-6-4-3-5-9(10)11/h3-7,16H,8H2,1-2H3,(H,14,15). The van der Waals surface area contributed by atoms with Crippen LogP contribution in [0.5, 0.6) is 0 Å². The molecule has 4 heteroatoms. The van der Waals surface area contributed by atoms with E-state index in [1.54, 1.807) is 13.8 Å². The molecule has 0 spiro atoms. The lowest BCUT2D eigenvalue weighted by Gasteiger charge is -2.17. The summed E-state index contributed by atoms with van der Waals surface area (Å²) in [6, 6.07) is 7.34. The number of hydrogen-bond acceptors (Lipinski definition) is 3. The zero-order valence-corrected chi connectivity index (χ0v) is 9.86. The molecule has 0 aliphatic heterocycles. The van der Waals surface area contributed by atoms with Gasteiger partial charge in [0.2, 0.25) is 0 Å². The van der Waals surface area contributed by atoms with Crippen LogP contribution in [-0.2, 0) is 0 Å². The molecule has 0 atom stereocenters. The molecule has 90 valence electrons. The van der Waals surface area contributed by atoms with Crippen molar-refractivity contribution in [3.8, 4) is 0 Å². The highest BCUT2D eigenvalue weighted by molar-refractivity contribution is 6.05. The molecular weight excluding hydrogens is 218 g/mol. The van der Waals surface area contributed by atoms with Crippen LogP contribution in [0.3, 0.4) is 0 Å². The molecule has 1 heterocycles. The molecule has 0 saturated carbocycles. The third-order valence-corrected chi connectivity index (χ3v) is 2.41. The number of benzene rings is 1. The second-order valence-electron chi connectivity index (χ2n) is 4.64. The van der Waals surface area contributed by atoms with Crippen LogP contribution in [0.4, 0.5) is 0 Å². The van der Waals surface area contributed by atoms with Crippen molar-refractivity contribution in [1.82, 2.24) is 5.32 Å². The van der Waals surface area contributed by atoms with Crippen molar-refractivity contribution in [2.75, 3.05) is 6.54 Å². The van der Waals surface area contributed by atoms with Gasteiger partial charge in [0, 0.05) is 11.9 Å². The second kappa shape index (κ2) is 4.22. The van der Waals surface area contributed by atoms with E-state index in [0.29, 0.717) is 11.1 Å².